The first-order chi connectivity index (χ1) is 9.78. The normalized spacial score (nSPS) is 12.7. The highest BCUT2D eigenvalue weighted by Crippen LogP contribution is 2.36. The van der Waals surface area contributed by atoms with Gasteiger partial charge in [0, 0.05) is 12.1 Å². The van der Waals surface area contributed by atoms with Crippen LogP contribution in [0.5, 0.6) is 0 Å². The van der Waals surface area contributed by atoms with Gasteiger partial charge in [0.1, 0.15) is 11.3 Å². The molecule has 0 amide bonds. The van der Waals surface area contributed by atoms with Crippen molar-refractivity contribution in [3.8, 4) is 0 Å². The fourth-order valence-electron chi connectivity index (χ4n) is 2.00. The Morgan fingerprint density at radius 1 is 1.15 bits per heavy atom. The van der Waals surface area contributed by atoms with Crippen molar-refractivity contribution in [2.45, 2.75) is 10.5 Å². The molecule has 1 aromatic heterocycles. The summed E-state index contributed by atoms with van der Waals surface area (Å²) in [4.78, 5) is 4.37. The number of halogens is 1. The molecule has 0 radical (unpaired) electrons. The molecule has 3 nitrogen and oxygen atoms in total. The third kappa shape index (κ3) is 2.55. The van der Waals surface area contributed by atoms with Crippen molar-refractivity contribution in [1.82, 2.24) is 4.98 Å². The monoisotopic (exact) mass is 288 g/mol. The molecule has 0 fully saturated rings. The quantitative estimate of drug-likeness (QED) is 0.743. The minimum Gasteiger partial charge on any atom is -0.431 e. The van der Waals surface area contributed by atoms with Gasteiger partial charge >= 0.3 is 0 Å². The third-order valence-electron chi connectivity index (χ3n) is 2.98. The van der Waals surface area contributed by atoms with Crippen LogP contribution in [0.2, 0.25) is 0 Å². The fourth-order valence-corrected chi connectivity index (χ4v) is 2.94. The number of nitrogens with two attached hydrogens (primary N) is 1. The average Bonchev–Trinajstić information content (AvgIpc) is 2.88. The lowest BCUT2D eigenvalue weighted by molar-refractivity contribution is 0.488. The Hall–Kier alpha value is -1.85. The molecule has 5 heteroatoms. The Labute approximate surface area is 120 Å². The molecule has 0 saturated heterocycles. The predicted octanol–water partition coefficient (Wildman–Crippen LogP) is 3.76. The summed E-state index contributed by atoms with van der Waals surface area (Å²) >= 11 is 1.34. The molecule has 3 aromatic rings. The number of oxazole rings is 1. The summed E-state index contributed by atoms with van der Waals surface area (Å²) in [6.45, 7) is 0.310. The summed E-state index contributed by atoms with van der Waals surface area (Å²) in [6.07, 6.45) is 0. The molecule has 0 spiro atoms. The lowest BCUT2D eigenvalue weighted by Gasteiger charge is -2.13. The van der Waals surface area contributed by atoms with Crippen LogP contribution in [0.4, 0.5) is 4.39 Å². The van der Waals surface area contributed by atoms with Gasteiger partial charge in [0.2, 0.25) is 0 Å². The Morgan fingerprint density at radius 3 is 2.65 bits per heavy atom. The van der Waals surface area contributed by atoms with Crippen LogP contribution >= 0.6 is 11.8 Å². The molecule has 0 aliphatic heterocycles. The summed E-state index contributed by atoms with van der Waals surface area (Å²) in [7, 11) is 0. The van der Waals surface area contributed by atoms with Gasteiger partial charge in [0.25, 0.3) is 5.22 Å². The molecule has 2 N–H and O–H groups in total. The molecule has 1 unspecified atom stereocenters. The van der Waals surface area contributed by atoms with Crippen LogP contribution in [-0.4, -0.2) is 11.5 Å². The van der Waals surface area contributed by atoms with Gasteiger partial charge in [-0.2, -0.15) is 0 Å². The van der Waals surface area contributed by atoms with Crippen molar-refractivity contribution in [3.05, 3.63) is 59.9 Å². The van der Waals surface area contributed by atoms with E-state index in [1.165, 1.54) is 17.8 Å². The summed E-state index contributed by atoms with van der Waals surface area (Å²) in [5.74, 6) is -0.258. The second-order valence-corrected chi connectivity index (χ2v) is 5.47. The highest BCUT2D eigenvalue weighted by molar-refractivity contribution is 7.99. The van der Waals surface area contributed by atoms with Crippen molar-refractivity contribution in [2.75, 3.05) is 6.54 Å². The highest BCUT2D eigenvalue weighted by atomic mass is 32.2. The molecular formula is C15H13FN2OS. The van der Waals surface area contributed by atoms with E-state index < -0.39 is 0 Å². The number of thioether (sulfide) groups is 1. The summed E-state index contributed by atoms with van der Waals surface area (Å²) in [5.41, 5.74) is 7.84. The smallest absolute Gasteiger partial charge is 0.257 e. The van der Waals surface area contributed by atoms with Gasteiger partial charge in [0.05, 0.1) is 5.25 Å². The van der Waals surface area contributed by atoms with Crippen LogP contribution in [0.1, 0.15) is 10.8 Å². The molecule has 0 saturated carbocycles. The maximum absolute atomic E-state index is 13.8. The highest BCUT2D eigenvalue weighted by Gasteiger charge is 2.18. The van der Waals surface area contributed by atoms with E-state index in [2.05, 4.69) is 4.98 Å². The second-order valence-electron chi connectivity index (χ2n) is 4.31. The number of nitrogens with zero attached hydrogens (tertiary/aromatic N) is 1. The standard InChI is InChI=1S/C15H13FN2OS/c16-11-6-2-1-5-10(11)14(9-17)20-15-18-12-7-3-4-8-13(12)19-15/h1-8,14H,9,17H2. The van der Waals surface area contributed by atoms with Crippen LogP contribution in [0.25, 0.3) is 11.1 Å². The number of hydrogen-bond donors (Lipinski definition) is 1. The van der Waals surface area contributed by atoms with E-state index in [0.29, 0.717) is 17.3 Å². The molecule has 0 aliphatic rings. The molecule has 2 aromatic carbocycles. The molecular weight excluding hydrogens is 275 g/mol. The first kappa shape index (κ1) is 13.1. The van der Waals surface area contributed by atoms with Crippen LogP contribution < -0.4 is 5.73 Å². The Kier molecular flexibility index (Phi) is 3.71. The van der Waals surface area contributed by atoms with E-state index in [-0.39, 0.29) is 11.1 Å². The summed E-state index contributed by atoms with van der Waals surface area (Å²) < 4.78 is 19.4. The van der Waals surface area contributed by atoms with Gasteiger partial charge in [-0.15, -0.1) is 0 Å². The summed E-state index contributed by atoms with van der Waals surface area (Å²) in [5, 5.41) is 0.286. The van der Waals surface area contributed by atoms with Gasteiger partial charge in [0.15, 0.2) is 5.58 Å². The fraction of sp³-hybridized carbons (Fsp3) is 0.133. The predicted molar refractivity (Wildman–Crippen MR) is 78.1 cm³/mol. The minimum atomic E-state index is -0.258. The van der Waals surface area contributed by atoms with E-state index in [4.69, 9.17) is 10.2 Å². The molecule has 0 aliphatic carbocycles. The SMILES string of the molecule is NCC(Sc1nc2ccccc2o1)c1ccccc1F. The molecule has 20 heavy (non-hydrogen) atoms. The zero-order valence-electron chi connectivity index (χ0n) is 10.6. The molecule has 1 heterocycles. The largest absolute Gasteiger partial charge is 0.431 e. The average molecular weight is 288 g/mol. The molecule has 3 rings (SSSR count). The van der Waals surface area contributed by atoms with E-state index in [0.717, 1.165) is 11.1 Å². The van der Waals surface area contributed by atoms with Gasteiger partial charge in [-0.3, -0.25) is 0 Å². The number of hydrogen-bond acceptors (Lipinski definition) is 4. The van der Waals surface area contributed by atoms with E-state index in [9.17, 15) is 4.39 Å². The molecule has 102 valence electrons. The van der Waals surface area contributed by atoms with Gasteiger partial charge < -0.3 is 10.2 Å². The zero-order valence-corrected chi connectivity index (χ0v) is 11.4. The van der Waals surface area contributed by atoms with Crippen LogP contribution in [0, 0.1) is 5.82 Å². The van der Waals surface area contributed by atoms with Crippen LogP contribution in [0.3, 0.4) is 0 Å². The Balaban J connectivity index is 1.90. The van der Waals surface area contributed by atoms with E-state index >= 15 is 0 Å². The van der Waals surface area contributed by atoms with Crippen LogP contribution in [0.15, 0.2) is 58.2 Å². The Morgan fingerprint density at radius 2 is 1.90 bits per heavy atom. The van der Waals surface area contributed by atoms with Crippen molar-refractivity contribution < 1.29 is 8.81 Å². The van der Waals surface area contributed by atoms with Crippen molar-refractivity contribution in [1.29, 1.82) is 0 Å². The van der Waals surface area contributed by atoms with Crippen molar-refractivity contribution in [3.63, 3.8) is 0 Å². The first-order valence-electron chi connectivity index (χ1n) is 6.24. The molecule has 1 atom stereocenters. The number of aromatic nitrogens is 1. The topological polar surface area (TPSA) is 52.0 Å². The van der Waals surface area contributed by atoms with Gasteiger partial charge in [-0.25, -0.2) is 9.37 Å². The maximum atomic E-state index is 13.8. The number of rotatable bonds is 4. The van der Waals surface area contributed by atoms with Gasteiger partial charge in [-0.05, 0) is 18.2 Å². The van der Waals surface area contributed by atoms with E-state index in [1.54, 1.807) is 18.2 Å². The number of benzene rings is 2. The number of fused-ring (bicyclic) bond motifs is 1. The molecule has 0 bridgehead atoms. The number of para-hydroxylation sites is 2. The lowest BCUT2D eigenvalue weighted by Crippen LogP contribution is -2.10. The summed E-state index contributed by atoms with van der Waals surface area (Å²) in [6, 6.07) is 14.2. The van der Waals surface area contributed by atoms with Gasteiger partial charge in [-0.1, -0.05) is 42.1 Å². The Bertz CT molecular complexity index is 695. The van der Waals surface area contributed by atoms with Crippen molar-refractivity contribution >= 4 is 22.9 Å². The third-order valence-corrected chi connectivity index (χ3v) is 4.09. The second kappa shape index (κ2) is 5.64. The lowest BCUT2D eigenvalue weighted by atomic mass is 10.1. The minimum absolute atomic E-state index is 0.218. The van der Waals surface area contributed by atoms with Crippen LogP contribution in [-0.2, 0) is 0 Å². The van der Waals surface area contributed by atoms with E-state index in [1.807, 2.05) is 24.3 Å². The maximum Gasteiger partial charge on any atom is 0.257 e. The first-order valence-corrected chi connectivity index (χ1v) is 7.12. The van der Waals surface area contributed by atoms with Crippen molar-refractivity contribution in [2.24, 2.45) is 5.73 Å². The zero-order chi connectivity index (χ0) is 13.9.